The van der Waals surface area contributed by atoms with Crippen LogP contribution in [0.15, 0.2) is 24.3 Å². The summed E-state index contributed by atoms with van der Waals surface area (Å²) in [6, 6.07) is 6.70. The molecule has 0 bridgehead atoms. The molecule has 1 aromatic rings. The summed E-state index contributed by atoms with van der Waals surface area (Å²) in [5.41, 5.74) is 1.16. The number of ether oxygens (including phenoxy) is 2. The Kier molecular flexibility index (Phi) is 6.87. The van der Waals surface area contributed by atoms with E-state index in [1.165, 1.54) is 32.1 Å². The highest BCUT2D eigenvalue weighted by molar-refractivity contribution is 5.87. The second-order valence-electron chi connectivity index (χ2n) is 5.99. The van der Waals surface area contributed by atoms with E-state index >= 15 is 0 Å². The zero-order valence-electron chi connectivity index (χ0n) is 13.3. The van der Waals surface area contributed by atoms with Gasteiger partial charge in [-0.15, -0.1) is 0 Å². The molecule has 0 aliphatic carbocycles. The third-order valence-corrected chi connectivity index (χ3v) is 4.11. The maximum Gasteiger partial charge on any atom is 0.335 e. The Labute approximate surface area is 132 Å². The van der Waals surface area contributed by atoms with Crippen molar-refractivity contribution < 1.29 is 19.4 Å². The van der Waals surface area contributed by atoms with E-state index in [-0.39, 0.29) is 11.9 Å². The van der Waals surface area contributed by atoms with Gasteiger partial charge in [0.25, 0.3) is 0 Å². The summed E-state index contributed by atoms with van der Waals surface area (Å²) in [7, 11) is 0. The zero-order chi connectivity index (χ0) is 15.8. The second kappa shape index (κ2) is 8.91. The molecular formula is C18H26O4. The minimum absolute atomic E-state index is 0.282. The molecular weight excluding hydrogens is 280 g/mol. The zero-order valence-corrected chi connectivity index (χ0v) is 13.3. The molecule has 22 heavy (non-hydrogen) atoms. The molecule has 1 heterocycles. The van der Waals surface area contributed by atoms with Crippen LogP contribution in [0.3, 0.4) is 0 Å². The van der Waals surface area contributed by atoms with Gasteiger partial charge < -0.3 is 14.6 Å². The van der Waals surface area contributed by atoms with E-state index in [1.54, 1.807) is 24.3 Å². The lowest BCUT2D eigenvalue weighted by Gasteiger charge is -2.29. The number of carboxylic acid groups (broad SMARTS) is 1. The van der Waals surface area contributed by atoms with Gasteiger partial charge in [-0.2, -0.15) is 0 Å². The van der Waals surface area contributed by atoms with Crippen molar-refractivity contribution in [2.75, 3.05) is 13.2 Å². The molecule has 1 aliphatic heterocycles. The summed E-state index contributed by atoms with van der Waals surface area (Å²) < 4.78 is 11.6. The first-order valence-electron chi connectivity index (χ1n) is 8.27. The predicted octanol–water partition coefficient (Wildman–Crippen LogP) is 4.41. The molecule has 0 atom stereocenters. The number of aromatic carboxylic acids is 1. The molecule has 0 aromatic heterocycles. The fourth-order valence-electron chi connectivity index (χ4n) is 2.72. The Morgan fingerprint density at radius 2 is 1.73 bits per heavy atom. The molecule has 1 N–H and O–H groups in total. The molecule has 0 saturated carbocycles. The molecule has 2 rings (SSSR count). The van der Waals surface area contributed by atoms with E-state index in [9.17, 15) is 4.79 Å². The molecule has 1 aliphatic rings. The van der Waals surface area contributed by atoms with Crippen LogP contribution in [0.5, 0.6) is 0 Å². The van der Waals surface area contributed by atoms with Gasteiger partial charge in [-0.1, -0.05) is 51.2 Å². The van der Waals surface area contributed by atoms with Crippen LogP contribution in [0.1, 0.15) is 67.7 Å². The Bertz CT molecular complexity index is 447. The first-order chi connectivity index (χ1) is 10.7. The van der Waals surface area contributed by atoms with Crippen molar-refractivity contribution in [3.63, 3.8) is 0 Å². The topological polar surface area (TPSA) is 55.8 Å². The molecule has 0 unspecified atom stereocenters. The van der Waals surface area contributed by atoms with Crippen molar-refractivity contribution in [1.82, 2.24) is 0 Å². The molecule has 4 heteroatoms. The smallest absolute Gasteiger partial charge is 0.335 e. The quantitative estimate of drug-likeness (QED) is 0.723. The molecule has 122 valence electrons. The van der Waals surface area contributed by atoms with Crippen LogP contribution in [-0.4, -0.2) is 24.3 Å². The van der Waals surface area contributed by atoms with E-state index in [4.69, 9.17) is 14.6 Å². The van der Waals surface area contributed by atoms with Gasteiger partial charge in [0.1, 0.15) is 0 Å². The summed E-state index contributed by atoms with van der Waals surface area (Å²) >= 11 is 0. The number of hydrogen-bond donors (Lipinski definition) is 1. The summed E-state index contributed by atoms with van der Waals surface area (Å²) in [6.45, 7) is 3.67. The number of rotatable bonds is 8. The van der Waals surface area contributed by atoms with Crippen molar-refractivity contribution in [3.05, 3.63) is 35.4 Å². The number of benzene rings is 1. The Hall–Kier alpha value is -1.39. The highest BCUT2D eigenvalue weighted by atomic mass is 16.7. The lowest BCUT2D eigenvalue weighted by atomic mass is 10.0. The van der Waals surface area contributed by atoms with Crippen LogP contribution < -0.4 is 0 Å². The average Bonchev–Trinajstić information content (AvgIpc) is 2.55. The molecule has 1 saturated heterocycles. The fourth-order valence-corrected chi connectivity index (χ4v) is 2.72. The van der Waals surface area contributed by atoms with Gasteiger partial charge in [0.2, 0.25) is 0 Å². The van der Waals surface area contributed by atoms with Gasteiger partial charge in [0, 0.05) is 11.5 Å². The standard InChI is InChI=1S/C18H26O4/c1-2-3-4-5-6-7-14-12-21-18(22-13-14)16-10-8-15(9-11-16)17(19)20/h8-11,14,18H,2-7,12-13H2,1H3,(H,19,20)/t14-,18-. The van der Waals surface area contributed by atoms with Gasteiger partial charge in [0.15, 0.2) is 6.29 Å². The summed E-state index contributed by atoms with van der Waals surface area (Å²) in [4.78, 5) is 10.8. The monoisotopic (exact) mass is 306 g/mol. The number of hydrogen-bond acceptors (Lipinski definition) is 3. The Morgan fingerprint density at radius 1 is 1.09 bits per heavy atom. The third kappa shape index (κ3) is 5.11. The molecule has 1 aromatic carbocycles. The van der Waals surface area contributed by atoms with Crippen LogP contribution in [-0.2, 0) is 9.47 Å². The number of carbonyl (C=O) groups is 1. The largest absolute Gasteiger partial charge is 0.478 e. The summed E-state index contributed by atoms with van der Waals surface area (Å²) in [5.74, 6) is -0.434. The third-order valence-electron chi connectivity index (χ3n) is 4.11. The van der Waals surface area contributed by atoms with Crippen molar-refractivity contribution >= 4 is 5.97 Å². The van der Waals surface area contributed by atoms with E-state index in [2.05, 4.69) is 6.92 Å². The highest BCUT2D eigenvalue weighted by Crippen LogP contribution is 2.27. The van der Waals surface area contributed by atoms with Gasteiger partial charge >= 0.3 is 5.97 Å². The first-order valence-corrected chi connectivity index (χ1v) is 8.27. The van der Waals surface area contributed by atoms with Gasteiger partial charge in [-0.05, 0) is 18.6 Å². The number of carboxylic acids is 1. The maximum atomic E-state index is 10.8. The van der Waals surface area contributed by atoms with Crippen molar-refractivity contribution in [3.8, 4) is 0 Å². The van der Waals surface area contributed by atoms with Crippen LogP contribution in [0.25, 0.3) is 0 Å². The van der Waals surface area contributed by atoms with Gasteiger partial charge in [-0.25, -0.2) is 4.79 Å². The molecule has 4 nitrogen and oxygen atoms in total. The Morgan fingerprint density at radius 3 is 2.32 bits per heavy atom. The van der Waals surface area contributed by atoms with Crippen LogP contribution in [0, 0.1) is 5.92 Å². The van der Waals surface area contributed by atoms with Crippen molar-refractivity contribution in [1.29, 1.82) is 0 Å². The second-order valence-corrected chi connectivity index (χ2v) is 5.99. The lowest BCUT2D eigenvalue weighted by Crippen LogP contribution is -2.27. The normalized spacial score (nSPS) is 21.7. The Balaban J connectivity index is 1.71. The molecule has 0 amide bonds. The summed E-state index contributed by atoms with van der Waals surface area (Å²) in [5, 5.41) is 8.89. The molecule has 0 radical (unpaired) electrons. The first kappa shape index (κ1) is 17.0. The van der Waals surface area contributed by atoms with E-state index in [1.807, 2.05) is 0 Å². The molecule has 1 fully saturated rings. The van der Waals surface area contributed by atoms with E-state index in [0.717, 1.165) is 25.2 Å². The van der Waals surface area contributed by atoms with Gasteiger partial charge in [0.05, 0.1) is 18.8 Å². The molecule has 0 spiro atoms. The fraction of sp³-hybridized carbons (Fsp3) is 0.611. The highest BCUT2D eigenvalue weighted by Gasteiger charge is 2.23. The van der Waals surface area contributed by atoms with E-state index < -0.39 is 5.97 Å². The van der Waals surface area contributed by atoms with E-state index in [0.29, 0.717) is 5.92 Å². The number of unbranched alkanes of at least 4 members (excludes halogenated alkanes) is 4. The van der Waals surface area contributed by atoms with Crippen LogP contribution in [0.2, 0.25) is 0 Å². The minimum atomic E-state index is -0.917. The van der Waals surface area contributed by atoms with Crippen LogP contribution >= 0.6 is 0 Å². The van der Waals surface area contributed by atoms with Crippen molar-refractivity contribution in [2.45, 2.75) is 51.7 Å². The SMILES string of the molecule is CCCCCCC[C@H]1CO[C@H](c2ccc(C(=O)O)cc2)OC1. The lowest BCUT2D eigenvalue weighted by molar-refractivity contribution is -0.206. The minimum Gasteiger partial charge on any atom is -0.478 e. The maximum absolute atomic E-state index is 10.8. The summed E-state index contributed by atoms with van der Waals surface area (Å²) in [6.07, 6.45) is 7.26. The predicted molar refractivity (Wildman–Crippen MR) is 84.9 cm³/mol. The van der Waals surface area contributed by atoms with Crippen LogP contribution in [0.4, 0.5) is 0 Å². The van der Waals surface area contributed by atoms with Crippen molar-refractivity contribution in [2.24, 2.45) is 5.92 Å². The van der Waals surface area contributed by atoms with Gasteiger partial charge in [-0.3, -0.25) is 0 Å². The average molecular weight is 306 g/mol.